The molecule has 1 aliphatic heterocycles. The molecule has 3 atom stereocenters. The van der Waals surface area contributed by atoms with E-state index in [1.807, 2.05) is 61.5 Å². The normalized spacial score (nSPS) is 21.0. The van der Waals surface area contributed by atoms with Crippen molar-refractivity contribution in [2.75, 3.05) is 6.61 Å². The van der Waals surface area contributed by atoms with E-state index in [9.17, 15) is 9.59 Å². The predicted molar refractivity (Wildman–Crippen MR) is 111 cm³/mol. The summed E-state index contributed by atoms with van der Waals surface area (Å²) in [7, 11) is 0. The second kappa shape index (κ2) is 10.3. The molecule has 1 aliphatic rings. The van der Waals surface area contributed by atoms with Crippen LogP contribution in [0.1, 0.15) is 18.1 Å². The topological polar surface area (TPSA) is 61.8 Å². The molecule has 0 N–H and O–H groups in total. The van der Waals surface area contributed by atoms with Gasteiger partial charge in [-0.3, -0.25) is 9.59 Å². The minimum atomic E-state index is -0.505. The van der Waals surface area contributed by atoms with Crippen LogP contribution in [0.25, 0.3) is 0 Å². The van der Waals surface area contributed by atoms with Crippen LogP contribution in [0.4, 0.5) is 0 Å². The summed E-state index contributed by atoms with van der Waals surface area (Å²) in [6.45, 7) is 3.80. The summed E-state index contributed by atoms with van der Waals surface area (Å²) in [4.78, 5) is 24.0. The number of hydrogen-bond acceptors (Lipinski definition) is 6. The fraction of sp³-hybridized carbons (Fsp3) is 0.304. The van der Waals surface area contributed by atoms with E-state index in [1.54, 1.807) is 11.8 Å². The van der Waals surface area contributed by atoms with Gasteiger partial charge in [0, 0.05) is 17.4 Å². The average Bonchev–Trinajstić information content (AvgIpc) is 2.73. The molecule has 152 valence electrons. The Morgan fingerprint density at radius 1 is 1.14 bits per heavy atom. The fourth-order valence-electron chi connectivity index (χ4n) is 2.98. The van der Waals surface area contributed by atoms with E-state index >= 15 is 0 Å². The number of thioether (sulfide) groups is 1. The molecule has 2 aromatic carbocycles. The highest BCUT2D eigenvalue weighted by Gasteiger charge is 2.39. The van der Waals surface area contributed by atoms with Gasteiger partial charge >= 0.3 is 5.97 Å². The predicted octanol–water partition coefficient (Wildman–Crippen LogP) is 4.09. The number of carbonyl (C=O) groups excluding carboxylic acids is 2. The van der Waals surface area contributed by atoms with Crippen LogP contribution in [0.5, 0.6) is 0 Å². The van der Waals surface area contributed by atoms with Crippen molar-refractivity contribution in [1.82, 2.24) is 0 Å². The standard InChI is InChI=1S/C23H24O5S/c1-16-8-10-20(11-9-16)29-23-19(12-24)14-27-21(15-26-17(2)25)22(23)28-13-18-6-4-3-5-7-18/h3-12,14,21-23H,13,15H2,1-2H3/t21-,22+,23+/m1/s1. The van der Waals surface area contributed by atoms with Gasteiger partial charge in [-0.25, -0.2) is 0 Å². The lowest BCUT2D eigenvalue weighted by atomic mass is 10.0. The lowest BCUT2D eigenvalue weighted by molar-refractivity contribution is -0.149. The zero-order chi connectivity index (χ0) is 20.6. The summed E-state index contributed by atoms with van der Waals surface area (Å²) in [6.07, 6.45) is 1.28. The van der Waals surface area contributed by atoms with Crippen molar-refractivity contribution >= 4 is 24.0 Å². The molecule has 0 saturated heterocycles. The van der Waals surface area contributed by atoms with Gasteiger partial charge in [-0.2, -0.15) is 0 Å². The van der Waals surface area contributed by atoms with Crippen LogP contribution in [0.15, 0.2) is 71.3 Å². The first kappa shape index (κ1) is 21.1. The smallest absolute Gasteiger partial charge is 0.302 e. The second-order valence-electron chi connectivity index (χ2n) is 6.83. The Balaban J connectivity index is 1.83. The average molecular weight is 413 g/mol. The zero-order valence-corrected chi connectivity index (χ0v) is 17.3. The summed E-state index contributed by atoms with van der Waals surface area (Å²) in [5, 5.41) is -0.284. The van der Waals surface area contributed by atoms with Gasteiger partial charge in [-0.15, -0.1) is 11.8 Å². The first-order valence-electron chi connectivity index (χ1n) is 9.39. The molecule has 29 heavy (non-hydrogen) atoms. The van der Waals surface area contributed by atoms with E-state index in [2.05, 4.69) is 0 Å². The molecule has 0 spiro atoms. The molecular formula is C23H24O5S. The first-order valence-corrected chi connectivity index (χ1v) is 10.3. The number of aryl methyl sites for hydroxylation is 1. The van der Waals surface area contributed by atoms with Crippen LogP contribution < -0.4 is 0 Å². The highest BCUT2D eigenvalue weighted by Crippen LogP contribution is 2.36. The van der Waals surface area contributed by atoms with Gasteiger partial charge in [-0.05, 0) is 24.6 Å². The van der Waals surface area contributed by atoms with Crippen LogP contribution in [-0.2, 0) is 30.4 Å². The van der Waals surface area contributed by atoms with Crippen molar-refractivity contribution in [3.8, 4) is 0 Å². The minimum absolute atomic E-state index is 0.0579. The van der Waals surface area contributed by atoms with Crippen molar-refractivity contribution in [3.63, 3.8) is 0 Å². The van der Waals surface area contributed by atoms with Crippen LogP contribution in [-0.4, -0.2) is 36.3 Å². The van der Waals surface area contributed by atoms with Crippen LogP contribution in [0.2, 0.25) is 0 Å². The number of hydrogen-bond donors (Lipinski definition) is 0. The first-order chi connectivity index (χ1) is 14.1. The molecule has 0 amide bonds. The molecule has 6 heteroatoms. The molecule has 2 aromatic rings. The Hall–Kier alpha value is -2.57. The summed E-state index contributed by atoms with van der Waals surface area (Å²) in [6, 6.07) is 17.9. The highest BCUT2D eigenvalue weighted by molar-refractivity contribution is 8.00. The van der Waals surface area contributed by atoms with Gasteiger partial charge < -0.3 is 14.2 Å². The molecule has 0 saturated carbocycles. The van der Waals surface area contributed by atoms with E-state index in [1.165, 1.54) is 13.2 Å². The van der Waals surface area contributed by atoms with E-state index < -0.39 is 12.2 Å². The maximum Gasteiger partial charge on any atom is 0.302 e. The molecular weight excluding hydrogens is 388 g/mol. The monoisotopic (exact) mass is 412 g/mol. The molecule has 5 nitrogen and oxygen atoms in total. The fourth-order valence-corrected chi connectivity index (χ4v) is 4.21. The zero-order valence-electron chi connectivity index (χ0n) is 16.4. The summed E-state index contributed by atoms with van der Waals surface area (Å²) < 4.78 is 17.1. The third-order valence-corrected chi connectivity index (χ3v) is 5.87. The Labute approximate surface area is 175 Å². The van der Waals surface area contributed by atoms with Crippen molar-refractivity contribution in [2.45, 2.75) is 42.8 Å². The largest absolute Gasteiger partial charge is 0.491 e. The van der Waals surface area contributed by atoms with Crippen LogP contribution >= 0.6 is 11.8 Å². The third kappa shape index (κ3) is 5.95. The number of ether oxygens (including phenoxy) is 3. The molecule has 0 bridgehead atoms. The molecule has 0 unspecified atom stereocenters. The van der Waals surface area contributed by atoms with Crippen molar-refractivity contribution in [1.29, 1.82) is 0 Å². The molecule has 3 rings (SSSR count). The number of carbonyl (C=O) groups is 2. The lowest BCUT2D eigenvalue weighted by Gasteiger charge is -2.36. The van der Waals surface area contributed by atoms with Gasteiger partial charge in [0.25, 0.3) is 0 Å². The molecule has 0 aliphatic carbocycles. The maximum absolute atomic E-state index is 11.7. The lowest BCUT2D eigenvalue weighted by Crippen LogP contribution is -2.46. The van der Waals surface area contributed by atoms with Gasteiger partial charge in [0.05, 0.1) is 18.1 Å². The van der Waals surface area contributed by atoms with Crippen LogP contribution in [0.3, 0.4) is 0 Å². The van der Waals surface area contributed by atoms with Gasteiger partial charge in [0.2, 0.25) is 0 Å². The summed E-state index contributed by atoms with van der Waals surface area (Å²) in [5.41, 5.74) is 2.69. The number of rotatable bonds is 8. The van der Waals surface area contributed by atoms with Crippen molar-refractivity contribution in [2.24, 2.45) is 0 Å². The Bertz CT molecular complexity index is 847. The SMILES string of the molecule is CC(=O)OC[C@H]1OC=C(C=O)[C@H](Sc2ccc(C)cc2)[C@H]1OCc1ccccc1. The summed E-state index contributed by atoms with van der Waals surface area (Å²) in [5.74, 6) is -0.386. The van der Waals surface area contributed by atoms with E-state index in [0.29, 0.717) is 12.2 Å². The summed E-state index contributed by atoms with van der Waals surface area (Å²) >= 11 is 1.54. The van der Waals surface area contributed by atoms with Crippen LogP contribution in [0, 0.1) is 6.92 Å². The molecule has 0 aromatic heterocycles. The molecule has 0 fully saturated rings. The van der Waals surface area contributed by atoms with E-state index in [0.717, 1.165) is 22.3 Å². The Morgan fingerprint density at radius 3 is 2.52 bits per heavy atom. The number of benzene rings is 2. The van der Waals surface area contributed by atoms with E-state index in [-0.39, 0.29) is 17.8 Å². The third-order valence-electron chi connectivity index (χ3n) is 4.53. The second-order valence-corrected chi connectivity index (χ2v) is 8.04. The Kier molecular flexibility index (Phi) is 7.49. The highest BCUT2D eigenvalue weighted by atomic mass is 32.2. The van der Waals surface area contributed by atoms with Gasteiger partial charge in [-0.1, -0.05) is 48.0 Å². The molecule has 0 radical (unpaired) electrons. The minimum Gasteiger partial charge on any atom is -0.491 e. The van der Waals surface area contributed by atoms with E-state index in [4.69, 9.17) is 14.2 Å². The number of esters is 1. The van der Waals surface area contributed by atoms with Crippen molar-refractivity contribution in [3.05, 3.63) is 77.6 Å². The number of aldehydes is 1. The van der Waals surface area contributed by atoms with Gasteiger partial charge in [0.1, 0.15) is 19.0 Å². The maximum atomic E-state index is 11.7. The van der Waals surface area contributed by atoms with Crippen molar-refractivity contribution < 1.29 is 23.8 Å². The molecule has 1 heterocycles. The Morgan fingerprint density at radius 2 is 1.86 bits per heavy atom. The quantitative estimate of drug-likeness (QED) is 0.481. The van der Waals surface area contributed by atoms with Gasteiger partial charge in [0.15, 0.2) is 6.10 Å².